The van der Waals surface area contributed by atoms with Gasteiger partial charge in [-0.3, -0.25) is 4.90 Å². The van der Waals surface area contributed by atoms with Gasteiger partial charge in [0.25, 0.3) is 0 Å². The van der Waals surface area contributed by atoms with Crippen LogP contribution in [0.15, 0.2) is 24.4 Å². The predicted molar refractivity (Wildman–Crippen MR) is 168 cm³/mol. The van der Waals surface area contributed by atoms with Crippen LogP contribution in [0.25, 0.3) is 32.9 Å². The Bertz CT molecular complexity index is 1770. The molecule has 224 valence electrons. The van der Waals surface area contributed by atoms with Crippen LogP contribution in [-0.4, -0.2) is 69.8 Å². The molecule has 11 heteroatoms. The fraction of sp³-hybridized carbons (Fsp3) is 0.469. The van der Waals surface area contributed by atoms with Crippen molar-refractivity contribution < 1.29 is 9.13 Å². The molecular weight excluding hydrogens is 567 g/mol. The minimum atomic E-state index is -0.572. The summed E-state index contributed by atoms with van der Waals surface area (Å²) in [5.74, 6) is 0.0651. The number of nitrogens with one attached hydrogen (secondary N) is 1. The first kappa shape index (κ1) is 28.1. The number of hydrogen-bond acceptors (Lipinski definition) is 8. The van der Waals surface area contributed by atoms with Gasteiger partial charge in [0.2, 0.25) is 0 Å². The van der Waals surface area contributed by atoms with Crippen molar-refractivity contribution in [3.05, 3.63) is 40.8 Å². The number of benzene rings is 2. The zero-order valence-corrected chi connectivity index (χ0v) is 25.5. The number of anilines is 2. The molecular formula is C32H36ClFN8O. The van der Waals surface area contributed by atoms with Crippen molar-refractivity contribution in [2.75, 3.05) is 36.9 Å². The summed E-state index contributed by atoms with van der Waals surface area (Å²) in [4.78, 5) is 14.2. The number of aryl methyl sites for hydroxylation is 1. The third-order valence-corrected chi connectivity index (χ3v) is 9.72. The summed E-state index contributed by atoms with van der Waals surface area (Å²) in [6.07, 6.45) is 6.15. The standard InChI is InChI=1S/C32H36ClFN8O/c1-17(2)42-10-4-5-20(42)16-43-32-38-30-21(31(39-32)41-13-18-6-7-19(14-41)37-18)11-24(33)28(29(30)34)23-15-40(3)26-9-8-25(36)22(12-35)27(23)26/h8-9,11,15,17-20,37H,4-7,10,13-14,16,36H2,1-3H3/t18?,19?,20-/m0/s1. The predicted octanol–water partition coefficient (Wildman–Crippen LogP) is 5.23. The number of piperazine rings is 1. The molecule has 4 aromatic rings. The quantitative estimate of drug-likeness (QED) is 0.289. The highest BCUT2D eigenvalue weighted by atomic mass is 35.5. The second kappa shape index (κ2) is 10.8. The van der Waals surface area contributed by atoms with Gasteiger partial charge in [0.1, 0.15) is 24.0 Å². The highest BCUT2D eigenvalue weighted by molar-refractivity contribution is 6.35. The molecule has 0 spiro atoms. The number of aromatic nitrogens is 3. The van der Waals surface area contributed by atoms with Gasteiger partial charge >= 0.3 is 6.01 Å². The van der Waals surface area contributed by atoms with E-state index in [1.807, 2.05) is 17.7 Å². The van der Waals surface area contributed by atoms with E-state index in [0.29, 0.717) is 58.1 Å². The summed E-state index contributed by atoms with van der Waals surface area (Å²) >= 11 is 6.91. The van der Waals surface area contributed by atoms with Gasteiger partial charge in [0, 0.05) is 77.9 Å². The van der Waals surface area contributed by atoms with Gasteiger partial charge in [-0.25, -0.2) is 4.39 Å². The molecule has 0 aliphatic carbocycles. The number of nitrogen functional groups attached to an aromatic ring is 1. The minimum absolute atomic E-state index is 0.150. The average Bonchev–Trinajstić information content (AvgIpc) is 3.69. The number of fused-ring (bicyclic) bond motifs is 4. The lowest BCUT2D eigenvalue weighted by molar-refractivity contribution is 0.138. The molecule has 2 unspecified atom stereocenters. The Hall–Kier alpha value is -3.65. The minimum Gasteiger partial charge on any atom is -0.462 e. The van der Waals surface area contributed by atoms with Gasteiger partial charge in [-0.1, -0.05) is 11.6 Å². The Kier molecular flexibility index (Phi) is 7.07. The Balaban J connectivity index is 1.38. The van der Waals surface area contributed by atoms with Crippen LogP contribution in [0.2, 0.25) is 5.02 Å². The summed E-state index contributed by atoms with van der Waals surface area (Å²) in [7, 11) is 1.85. The molecule has 3 atom stereocenters. The number of ether oxygens (including phenoxy) is 1. The van der Waals surface area contributed by atoms with Crippen LogP contribution < -0.4 is 20.7 Å². The van der Waals surface area contributed by atoms with Crippen molar-refractivity contribution in [1.29, 1.82) is 5.26 Å². The van der Waals surface area contributed by atoms with Gasteiger partial charge in [-0.2, -0.15) is 15.2 Å². The van der Waals surface area contributed by atoms with Gasteiger partial charge in [-0.15, -0.1) is 0 Å². The largest absolute Gasteiger partial charge is 0.462 e. The third-order valence-electron chi connectivity index (χ3n) is 9.42. The number of rotatable bonds is 6. The normalized spacial score (nSPS) is 22.3. The van der Waals surface area contributed by atoms with E-state index in [4.69, 9.17) is 27.1 Å². The van der Waals surface area contributed by atoms with Crippen molar-refractivity contribution in [2.45, 2.75) is 63.7 Å². The maximum Gasteiger partial charge on any atom is 0.319 e. The Morgan fingerprint density at radius 1 is 1.21 bits per heavy atom. The molecule has 3 aliphatic rings. The van der Waals surface area contributed by atoms with Crippen LogP contribution in [0, 0.1) is 17.1 Å². The van der Waals surface area contributed by atoms with Crippen LogP contribution in [0.4, 0.5) is 15.9 Å². The first-order chi connectivity index (χ1) is 20.7. The number of hydrogen-bond donors (Lipinski definition) is 2. The number of nitrogens with two attached hydrogens (primary N) is 1. The van der Waals surface area contributed by atoms with E-state index in [0.717, 1.165) is 50.8 Å². The molecule has 0 radical (unpaired) electrons. The summed E-state index contributed by atoms with van der Waals surface area (Å²) in [5.41, 5.74) is 8.37. The van der Waals surface area contributed by atoms with Crippen molar-refractivity contribution in [3.8, 4) is 23.2 Å². The second-order valence-electron chi connectivity index (χ2n) is 12.4. The first-order valence-corrected chi connectivity index (χ1v) is 15.5. The van der Waals surface area contributed by atoms with E-state index < -0.39 is 5.82 Å². The van der Waals surface area contributed by atoms with Crippen LogP contribution in [0.5, 0.6) is 6.01 Å². The Morgan fingerprint density at radius 2 is 1.98 bits per heavy atom. The Labute approximate surface area is 255 Å². The highest BCUT2D eigenvalue weighted by Crippen LogP contribution is 2.43. The maximum atomic E-state index is 16.9. The molecule has 3 aliphatic heterocycles. The molecule has 2 aromatic heterocycles. The summed E-state index contributed by atoms with van der Waals surface area (Å²) in [5, 5.41) is 14.9. The van der Waals surface area contributed by atoms with Gasteiger partial charge in [-0.05, 0) is 64.3 Å². The molecule has 3 N–H and O–H groups in total. The highest BCUT2D eigenvalue weighted by Gasteiger charge is 2.35. The summed E-state index contributed by atoms with van der Waals surface area (Å²) < 4.78 is 25.0. The summed E-state index contributed by atoms with van der Waals surface area (Å²) in [6.45, 7) is 7.39. The summed E-state index contributed by atoms with van der Waals surface area (Å²) in [6, 6.07) is 9.03. The van der Waals surface area contributed by atoms with Crippen LogP contribution >= 0.6 is 11.6 Å². The van der Waals surface area contributed by atoms with Crippen molar-refractivity contribution in [3.63, 3.8) is 0 Å². The molecule has 2 bridgehead atoms. The second-order valence-corrected chi connectivity index (χ2v) is 12.9. The smallest absolute Gasteiger partial charge is 0.319 e. The molecule has 5 heterocycles. The lowest BCUT2D eigenvalue weighted by Crippen LogP contribution is -2.51. The fourth-order valence-electron chi connectivity index (χ4n) is 7.38. The molecule has 43 heavy (non-hydrogen) atoms. The zero-order valence-electron chi connectivity index (χ0n) is 24.7. The van der Waals surface area contributed by atoms with Gasteiger partial charge < -0.3 is 25.3 Å². The first-order valence-electron chi connectivity index (χ1n) is 15.1. The van der Waals surface area contributed by atoms with Crippen molar-refractivity contribution >= 4 is 44.9 Å². The SMILES string of the molecule is CC(C)N1CCC[C@H]1COc1nc(N2CC3CCC(C2)N3)c2cc(Cl)c(-c3cn(C)c4ccc(N)c(C#N)c34)c(F)c2n1. The molecule has 9 nitrogen and oxygen atoms in total. The van der Waals surface area contributed by atoms with E-state index in [9.17, 15) is 5.26 Å². The van der Waals surface area contributed by atoms with Crippen molar-refractivity contribution in [1.82, 2.24) is 24.8 Å². The molecule has 3 saturated heterocycles. The lowest BCUT2D eigenvalue weighted by Gasteiger charge is -2.34. The van der Waals surface area contributed by atoms with E-state index in [-0.39, 0.29) is 28.2 Å². The van der Waals surface area contributed by atoms with Crippen LogP contribution in [-0.2, 0) is 7.05 Å². The average molecular weight is 603 g/mol. The van der Waals surface area contributed by atoms with Gasteiger partial charge in [0.15, 0.2) is 5.82 Å². The number of nitriles is 1. The molecule has 3 fully saturated rings. The van der Waals surface area contributed by atoms with E-state index >= 15 is 4.39 Å². The van der Waals surface area contributed by atoms with Crippen molar-refractivity contribution in [2.24, 2.45) is 7.05 Å². The fourth-order valence-corrected chi connectivity index (χ4v) is 7.68. The molecule has 0 saturated carbocycles. The number of nitrogens with zero attached hydrogens (tertiary/aromatic N) is 6. The molecule has 0 amide bonds. The Morgan fingerprint density at radius 3 is 2.70 bits per heavy atom. The molecule has 2 aromatic carbocycles. The van der Waals surface area contributed by atoms with Gasteiger partial charge in [0.05, 0.1) is 16.3 Å². The molecule has 7 rings (SSSR count). The maximum absolute atomic E-state index is 16.9. The topological polar surface area (TPSA) is 108 Å². The monoisotopic (exact) mass is 602 g/mol. The number of likely N-dealkylation sites (tertiary alicyclic amines) is 1. The zero-order chi connectivity index (χ0) is 30.0. The van der Waals surface area contributed by atoms with Crippen LogP contribution in [0.3, 0.4) is 0 Å². The lowest BCUT2D eigenvalue weighted by atomic mass is 9.98. The van der Waals surface area contributed by atoms with E-state index in [1.165, 1.54) is 0 Å². The van der Waals surface area contributed by atoms with E-state index in [2.05, 4.69) is 40.0 Å². The van der Waals surface area contributed by atoms with Crippen LogP contribution in [0.1, 0.15) is 45.1 Å². The third kappa shape index (κ3) is 4.74. The number of halogens is 2. The van der Waals surface area contributed by atoms with E-state index in [1.54, 1.807) is 18.3 Å².